The Kier molecular flexibility index (Phi) is 5.81. The molecule has 0 radical (unpaired) electrons. The van der Waals surface area contributed by atoms with E-state index in [-0.39, 0.29) is 18.4 Å². The number of rotatable bonds is 4. The summed E-state index contributed by atoms with van der Waals surface area (Å²) in [5.41, 5.74) is 1.18. The molecule has 2 aliphatic heterocycles. The minimum absolute atomic E-state index is 0.0184. The van der Waals surface area contributed by atoms with Gasteiger partial charge in [0.15, 0.2) is 0 Å². The van der Waals surface area contributed by atoms with Crippen LogP contribution in [-0.2, 0) is 14.4 Å². The molecule has 3 amide bonds. The fourth-order valence-electron chi connectivity index (χ4n) is 3.64. The second-order valence-electron chi connectivity index (χ2n) is 6.84. The highest BCUT2D eigenvalue weighted by Crippen LogP contribution is 2.28. The maximum absolute atomic E-state index is 12.7. The van der Waals surface area contributed by atoms with Crippen LogP contribution < -0.4 is 0 Å². The van der Waals surface area contributed by atoms with Crippen molar-refractivity contribution in [2.24, 2.45) is 0 Å². The number of halogens is 1. The summed E-state index contributed by atoms with van der Waals surface area (Å²) in [6.45, 7) is 4.57. The quantitative estimate of drug-likeness (QED) is 0.751. The van der Waals surface area contributed by atoms with Gasteiger partial charge in [0.05, 0.1) is 0 Å². The molecule has 0 aliphatic carbocycles. The van der Waals surface area contributed by atoms with Crippen molar-refractivity contribution in [2.75, 3.05) is 39.3 Å². The summed E-state index contributed by atoms with van der Waals surface area (Å²) in [7, 11) is 0. The van der Waals surface area contributed by atoms with Crippen molar-refractivity contribution < 1.29 is 14.4 Å². The first-order valence-corrected chi connectivity index (χ1v) is 9.48. The SMILES string of the molecule is CCN1CCN(CC(=O)N2CCC[C@@H](c3ccc(Cl)cc3)C2)C(=O)C1=O. The predicted octanol–water partition coefficient (Wildman–Crippen LogP) is 1.74. The molecular weight excluding hydrogens is 354 g/mol. The molecule has 7 heteroatoms. The Labute approximate surface area is 158 Å². The lowest BCUT2D eigenvalue weighted by atomic mass is 9.90. The standard InChI is InChI=1S/C19H24ClN3O3/c1-2-21-10-11-23(19(26)18(21)25)13-17(24)22-9-3-4-15(12-22)14-5-7-16(20)8-6-14/h5-8,15H,2-4,9-13H2,1H3/t15-/m1/s1. The van der Waals surface area contributed by atoms with Crippen molar-refractivity contribution in [3.05, 3.63) is 34.9 Å². The van der Waals surface area contributed by atoms with Gasteiger partial charge in [0.25, 0.3) is 0 Å². The summed E-state index contributed by atoms with van der Waals surface area (Å²) in [5.74, 6) is -0.893. The molecule has 6 nitrogen and oxygen atoms in total. The molecule has 3 rings (SSSR count). The lowest BCUT2D eigenvalue weighted by Gasteiger charge is -2.36. The Balaban J connectivity index is 1.60. The topological polar surface area (TPSA) is 60.9 Å². The van der Waals surface area contributed by atoms with Gasteiger partial charge >= 0.3 is 11.8 Å². The number of amides is 3. The van der Waals surface area contributed by atoms with Crippen LogP contribution in [0, 0.1) is 0 Å². The Hall–Kier alpha value is -2.08. The summed E-state index contributed by atoms with van der Waals surface area (Å²) in [6.07, 6.45) is 1.95. The number of carbonyl (C=O) groups excluding carboxylic acids is 3. The number of likely N-dealkylation sites (N-methyl/N-ethyl adjacent to an activating group) is 1. The summed E-state index contributed by atoms with van der Waals surface area (Å²) >= 11 is 5.95. The molecule has 0 bridgehead atoms. The zero-order valence-electron chi connectivity index (χ0n) is 15.0. The van der Waals surface area contributed by atoms with Crippen LogP contribution in [0.2, 0.25) is 5.02 Å². The van der Waals surface area contributed by atoms with Crippen LogP contribution in [0.25, 0.3) is 0 Å². The maximum atomic E-state index is 12.7. The average Bonchev–Trinajstić information content (AvgIpc) is 2.66. The van der Waals surface area contributed by atoms with Gasteiger partial charge in [0.1, 0.15) is 6.54 Å². The lowest BCUT2D eigenvalue weighted by Crippen LogP contribution is -2.56. The third-order valence-electron chi connectivity index (χ3n) is 5.22. The van der Waals surface area contributed by atoms with E-state index in [2.05, 4.69) is 0 Å². The summed E-state index contributed by atoms with van der Waals surface area (Å²) < 4.78 is 0. The molecule has 1 aromatic rings. The first-order valence-electron chi connectivity index (χ1n) is 9.11. The molecule has 0 saturated carbocycles. The van der Waals surface area contributed by atoms with Crippen LogP contribution in [0.1, 0.15) is 31.2 Å². The third kappa shape index (κ3) is 4.01. The van der Waals surface area contributed by atoms with Crippen LogP contribution in [0.5, 0.6) is 0 Å². The van der Waals surface area contributed by atoms with Crippen LogP contribution in [0.15, 0.2) is 24.3 Å². The van der Waals surface area contributed by atoms with E-state index in [1.165, 1.54) is 15.4 Å². The Morgan fingerprint density at radius 3 is 2.42 bits per heavy atom. The van der Waals surface area contributed by atoms with Crippen LogP contribution in [-0.4, -0.2) is 71.7 Å². The molecule has 0 spiro atoms. The molecule has 0 N–H and O–H groups in total. The van der Waals surface area contributed by atoms with E-state index in [4.69, 9.17) is 11.6 Å². The second-order valence-corrected chi connectivity index (χ2v) is 7.28. The van der Waals surface area contributed by atoms with Crippen LogP contribution >= 0.6 is 11.6 Å². The molecule has 0 aromatic heterocycles. The van der Waals surface area contributed by atoms with Gasteiger partial charge in [-0.1, -0.05) is 23.7 Å². The molecule has 2 saturated heterocycles. The van der Waals surface area contributed by atoms with E-state index < -0.39 is 11.8 Å². The van der Waals surface area contributed by atoms with Gasteiger partial charge in [-0.05, 0) is 37.5 Å². The van der Waals surface area contributed by atoms with E-state index in [0.29, 0.717) is 37.7 Å². The number of likely N-dealkylation sites (tertiary alicyclic amines) is 1. The van der Waals surface area contributed by atoms with E-state index in [9.17, 15) is 14.4 Å². The number of nitrogens with zero attached hydrogens (tertiary/aromatic N) is 3. The van der Waals surface area contributed by atoms with Gasteiger partial charge in [-0.2, -0.15) is 0 Å². The van der Waals surface area contributed by atoms with Crippen molar-refractivity contribution in [2.45, 2.75) is 25.7 Å². The summed E-state index contributed by atoms with van der Waals surface area (Å²) in [4.78, 5) is 41.6. The van der Waals surface area contributed by atoms with Crippen molar-refractivity contribution in [3.63, 3.8) is 0 Å². The minimum Gasteiger partial charge on any atom is -0.341 e. The maximum Gasteiger partial charge on any atom is 0.312 e. The largest absolute Gasteiger partial charge is 0.341 e. The van der Waals surface area contributed by atoms with E-state index in [0.717, 1.165) is 12.8 Å². The molecule has 0 unspecified atom stereocenters. The summed E-state index contributed by atoms with van der Waals surface area (Å²) in [5, 5.41) is 0.701. The smallest absolute Gasteiger partial charge is 0.312 e. The normalized spacial score (nSPS) is 21.3. The highest BCUT2D eigenvalue weighted by atomic mass is 35.5. The third-order valence-corrected chi connectivity index (χ3v) is 5.47. The van der Waals surface area contributed by atoms with E-state index >= 15 is 0 Å². The first kappa shape index (κ1) is 18.7. The van der Waals surface area contributed by atoms with Crippen molar-refractivity contribution in [3.8, 4) is 0 Å². The summed E-state index contributed by atoms with van der Waals surface area (Å²) in [6, 6.07) is 7.75. The minimum atomic E-state index is -0.572. The lowest BCUT2D eigenvalue weighted by molar-refractivity contribution is -0.157. The Bertz CT molecular complexity index is 692. The van der Waals surface area contributed by atoms with Gasteiger partial charge in [-0.25, -0.2) is 0 Å². The number of benzene rings is 1. The molecule has 2 fully saturated rings. The van der Waals surface area contributed by atoms with E-state index in [1.54, 1.807) is 0 Å². The van der Waals surface area contributed by atoms with Crippen molar-refractivity contribution in [1.29, 1.82) is 0 Å². The molecule has 26 heavy (non-hydrogen) atoms. The fraction of sp³-hybridized carbons (Fsp3) is 0.526. The fourth-order valence-corrected chi connectivity index (χ4v) is 3.77. The molecule has 1 atom stereocenters. The molecule has 2 aliphatic rings. The average molecular weight is 378 g/mol. The molecule has 140 valence electrons. The first-order chi connectivity index (χ1) is 12.5. The Morgan fingerprint density at radius 2 is 1.73 bits per heavy atom. The molecular formula is C19H24ClN3O3. The van der Waals surface area contributed by atoms with E-state index in [1.807, 2.05) is 36.1 Å². The molecule has 1 aromatic carbocycles. The monoisotopic (exact) mass is 377 g/mol. The van der Waals surface area contributed by atoms with Crippen LogP contribution in [0.3, 0.4) is 0 Å². The predicted molar refractivity (Wildman–Crippen MR) is 98.8 cm³/mol. The number of piperazine rings is 1. The van der Waals surface area contributed by atoms with Gasteiger partial charge in [-0.15, -0.1) is 0 Å². The Morgan fingerprint density at radius 1 is 1.08 bits per heavy atom. The van der Waals surface area contributed by atoms with Gasteiger partial charge < -0.3 is 14.7 Å². The molecule has 2 heterocycles. The van der Waals surface area contributed by atoms with Gasteiger partial charge in [0.2, 0.25) is 5.91 Å². The number of carbonyl (C=O) groups is 3. The number of piperidine rings is 1. The zero-order valence-corrected chi connectivity index (χ0v) is 15.7. The number of hydrogen-bond donors (Lipinski definition) is 0. The second kappa shape index (κ2) is 8.08. The van der Waals surface area contributed by atoms with Crippen LogP contribution in [0.4, 0.5) is 0 Å². The van der Waals surface area contributed by atoms with Crippen molar-refractivity contribution >= 4 is 29.3 Å². The van der Waals surface area contributed by atoms with Gasteiger partial charge in [-0.3, -0.25) is 14.4 Å². The van der Waals surface area contributed by atoms with Gasteiger partial charge in [0, 0.05) is 43.7 Å². The number of hydrogen-bond acceptors (Lipinski definition) is 3. The zero-order chi connectivity index (χ0) is 18.7. The van der Waals surface area contributed by atoms with Crippen molar-refractivity contribution in [1.82, 2.24) is 14.7 Å². The highest BCUT2D eigenvalue weighted by molar-refractivity contribution is 6.35. The highest BCUT2D eigenvalue weighted by Gasteiger charge is 2.34.